The first-order chi connectivity index (χ1) is 9.48. The summed E-state index contributed by atoms with van der Waals surface area (Å²) in [4.78, 5) is 22.9. The molecule has 0 bridgehead atoms. The Hall–Kier alpha value is -1.66. The molecule has 0 spiro atoms. The standard InChI is InChI=1S/C13H16ClN3O3/c1-2-13(6-3-7-15-13)12(18)16-10-5-4-9(14)8-11(10)17(19)20/h4-5,8,15H,2-3,6-7H2,1H3,(H,16,18). The topological polar surface area (TPSA) is 84.3 Å². The number of hydrogen-bond donors (Lipinski definition) is 2. The van der Waals surface area contributed by atoms with Crippen molar-refractivity contribution in [1.29, 1.82) is 0 Å². The van der Waals surface area contributed by atoms with Crippen LogP contribution in [0.15, 0.2) is 18.2 Å². The Morgan fingerprint density at radius 1 is 1.60 bits per heavy atom. The van der Waals surface area contributed by atoms with Crippen molar-refractivity contribution in [2.75, 3.05) is 11.9 Å². The first kappa shape index (κ1) is 14.7. The minimum atomic E-state index is -0.631. The number of anilines is 1. The summed E-state index contributed by atoms with van der Waals surface area (Å²) in [7, 11) is 0. The smallest absolute Gasteiger partial charge is 0.294 e. The van der Waals surface area contributed by atoms with Crippen molar-refractivity contribution in [1.82, 2.24) is 5.32 Å². The lowest BCUT2D eigenvalue weighted by Gasteiger charge is -2.26. The third-order valence-corrected chi connectivity index (χ3v) is 3.92. The zero-order valence-corrected chi connectivity index (χ0v) is 11.9. The average Bonchev–Trinajstić information content (AvgIpc) is 2.90. The molecular weight excluding hydrogens is 282 g/mol. The van der Waals surface area contributed by atoms with E-state index in [1.165, 1.54) is 18.2 Å². The summed E-state index contributed by atoms with van der Waals surface area (Å²) >= 11 is 5.75. The summed E-state index contributed by atoms with van der Waals surface area (Å²) in [6.45, 7) is 2.71. The zero-order chi connectivity index (χ0) is 14.8. The fourth-order valence-electron chi connectivity index (χ4n) is 2.47. The normalized spacial score (nSPS) is 21.7. The fraction of sp³-hybridized carbons (Fsp3) is 0.462. The molecule has 0 aliphatic carbocycles. The molecule has 0 saturated carbocycles. The Morgan fingerprint density at radius 3 is 2.90 bits per heavy atom. The highest BCUT2D eigenvalue weighted by atomic mass is 35.5. The van der Waals surface area contributed by atoms with Gasteiger partial charge in [-0.2, -0.15) is 0 Å². The van der Waals surface area contributed by atoms with Gasteiger partial charge in [-0.1, -0.05) is 18.5 Å². The highest BCUT2D eigenvalue weighted by Crippen LogP contribution is 2.30. The van der Waals surface area contributed by atoms with Gasteiger partial charge in [0.15, 0.2) is 0 Å². The molecule has 1 atom stereocenters. The summed E-state index contributed by atoms with van der Waals surface area (Å²) in [6.07, 6.45) is 2.29. The monoisotopic (exact) mass is 297 g/mol. The summed E-state index contributed by atoms with van der Waals surface area (Å²) in [5, 5.41) is 17.1. The van der Waals surface area contributed by atoms with Crippen LogP contribution in [0.2, 0.25) is 5.02 Å². The van der Waals surface area contributed by atoms with Gasteiger partial charge in [-0.3, -0.25) is 14.9 Å². The second-order valence-corrected chi connectivity index (χ2v) is 5.28. The number of nitro groups is 1. The third kappa shape index (κ3) is 2.76. The lowest BCUT2D eigenvalue weighted by Crippen LogP contribution is -2.50. The quantitative estimate of drug-likeness (QED) is 0.661. The molecule has 20 heavy (non-hydrogen) atoms. The highest BCUT2D eigenvalue weighted by molar-refractivity contribution is 6.31. The number of nitrogens with zero attached hydrogens (tertiary/aromatic N) is 1. The van der Waals surface area contributed by atoms with Crippen LogP contribution in [0.25, 0.3) is 0 Å². The Labute approximate surface area is 121 Å². The molecule has 1 aromatic rings. The van der Waals surface area contributed by atoms with Crippen LogP contribution >= 0.6 is 11.6 Å². The molecule has 1 aliphatic heterocycles. The van der Waals surface area contributed by atoms with E-state index in [0.29, 0.717) is 6.42 Å². The summed E-state index contributed by atoms with van der Waals surface area (Å²) < 4.78 is 0. The molecule has 6 nitrogen and oxygen atoms in total. The second kappa shape index (κ2) is 5.76. The first-order valence-electron chi connectivity index (χ1n) is 6.49. The average molecular weight is 298 g/mol. The molecule has 7 heteroatoms. The van der Waals surface area contributed by atoms with Crippen LogP contribution in [0.3, 0.4) is 0 Å². The fourth-order valence-corrected chi connectivity index (χ4v) is 2.63. The van der Waals surface area contributed by atoms with E-state index in [1.54, 1.807) is 0 Å². The van der Waals surface area contributed by atoms with E-state index in [-0.39, 0.29) is 22.3 Å². The number of halogens is 1. The molecule has 1 saturated heterocycles. The predicted octanol–water partition coefficient (Wildman–Crippen LogP) is 2.72. The van der Waals surface area contributed by atoms with Crippen LogP contribution < -0.4 is 10.6 Å². The van der Waals surface area contributed by atoms with Crippen molar-refractivity contribution >= 4 is 28.9 Å². The van der Waals surface area contributed by atoms with E-state index in [2.05, 4.69) is 10.6 Å². The maximum absolute atomic E-state index is 12.4. The number of amides is 1. The van der Waals surface area contributed by atoms with Crippen molar-refractivity contribution in [2.45, 2.75) is 31.7 Å². The predicted molar refractivity (Wildman–Crippen MR) is 77.0 cm³/mol. The number of nitro benzene ring substituents is 1. The van der Waals surface area contributed by atoms with Crippen molar-refractivity contribution in [2.24, 2.45) is 0 Å². The lowest BCUT2D eigenvalue weighted by atomic mass is 9.93. The largest absolute Gasteiger partial charge is 0.319 e. The summed E-state index contributed by atoms with van der Waals surface area (Å²) in [5.41, 5.74) is -0.658. The SMILES string of the molecule is CCC1(C(=O)Nc2ccc(Cl)cc2[N+](=O)[O-])CCCN1. The van der Waals surface area contributed by atoms with Crippen molar-refractivity contribution in [3.63, 3.8) is 0 Å². The van der Waals surface area contributed by atoms with Gasteiger partial charge in [0.05, 0.1) is 10.5 Å². The zero-order valence-electron chi connectivity index (χ0n) is 11.1. The molecule has 1 amide bonds. The van der Waals surface area contributed by atoms with Crippen molar-refractivity contribution in [3.8, 4) is 0 Å². The maximum atomic E-state index is 12.4. The molecule has 1 fully saturated rings. The minimum Gasteiger partial charge on any atom is -0.319 e. The van der Waals surface area contributed by atoms with Crippen LogP contribution in [-0.4, -0.2) is 22.9 Å². The van der Waals surface area contributed by atoms with Gasteiger partial charge in [-0.05, 0) is 37.9 Å². The van der Waals surface area contributed by atoms with Crippen molar-refractivity contribution < 1.29 is 9.72 Å². The Balaban J connectivity index is 2.25. The van der Waals surface area contributed by atoms with Gasteiger partial charge in [-0.15, -0.1) is 0 Å². The second-order valence-electron chi connectivity index (χ2n) is 4.84. The van der Waals surface area contributed by atoms with Crippen LogP contribution in [-0.2, 0) is 4.79 Å². The van der Waals surface area contributed by atoms with E-state index < -0.39 is 10.5 Å². The number of carbonyl (C=O) groups excluding carboxylic acids is 1. The van der Waals surface area contributed by atoms with Crippen LogP contribution in [0.1, 0.15) is 26.2 Å². The Bertz CT molecular complexity index is 542. The van der Waals surface area contributed by atoms with Gasteiger partial charge in [0, 0.05) is 11.1 Å². The van der Waals surface area contributed by atoms with Crippen molar-refractivity contribution in [3.05, 3.63) is 33.3 Å². The van der Waals surface area contributed by atoms with Crippen LogP contribution in [0, 0.1) is 10.1 Å². The third-order valence-electron chi connectivity index (χ3n) is 3.69. The summed E-state index contributed by atoms with van der Waals surface area (Å²) in [6, 6.07) is 4.21. The number of carbonyl (C=O) groups is 1. The molecule has 0 radical (unpaired) electrons. The molecule has 1 heterocycles. The number of hydrogen-bond acceptors (Lipinski definition) is 4. The number of benzene rings is 1. The molecule has 1 aliphatic rings. The molecule has 0 aromatic heterocycles. The van der Waals surface area contributed by atoms with E-state index in [0.717, 1.165) is 19.4 Å². The van der Waals surface area contributed by atoms with E-state index >= 15 is 0 Å². The minimum absolute atomic E-state index is 0.172. The Kier molecular flexibility index (Phi) is 4.25. The van der Waals surface area contributed by atoms with E-state index in [9.17, 15) is 14.9 Å². The molecule has 108 valence electrons. The summed E-state index contributed by atoms with van der Waals surface area (Å²) in [5.74, 6) is -0.233. The van der Waals surface area contributed by atoms with Gasteiger partial charge in [-0.25, -0.2) is 0 Å². The number of nitrogens with one attached hydrogen (secondary N) is 2. The maximum Gasteiger partial charge on any atom is 0.294 e. The lowest BCUT2D eigenvalue weighted by molar-refractivity contribution is -0.383. The highest BCUT2D eigenvalue weighted by Gasteiger charge is 2.39. The number of rotatable bonds is 4. The van der Waals surface area contributed by atoms with Gasteiger partial charge >= 0.3 is 0 Å². The van der Waals surface area contributed by atoms with Gasteiger partial charge in [0.1, 0.15) is 5.69 Å². The van der Waals surface area contributed by atoms with Gasteiger partial charge in [0.25, 0.3) is 5.69 Å². The molecule has 1 unspecified atom stereocenters. The van der Waals surface area contributed by atoms with Crippen LogP contribution in [0.5, 0.6) is 0 Å². The Morgan fingerprint density at radius 2 is 2.35 bits per heavy atom. The molecule has 2 rings (SSSR count). The van der Waals surface area contributed by atoms with Gasteiger partial charge in [0.2, 0.25) is 5.91 Å². The van der Waals surface area contributed by atoms with Gasteiger partial charge < -0.3 is 10.6 Å². The van der Waals surface area contributed by atoms with Crippen LogP contribution in [0.4, 0.5) is 11.4 Å². The molecule has 1 aromatic carbocycles. The molecule has 2 N–H and O–H groups in total. The van der Waals surface area contributed by atoms with E-state index in [4.69, 9.17) is 11.6 Å². The van der Waals surface area contributed by atoms with E-state index in [1.807, 2.05) is 6.92 Å². The first-order valence-corrected chi connectivity index (χ1v) is 6.87. The molecular formula is C13H16ClN3O3.